The zero-order chi connectivity index (χ0) is 20.2. The van der Waals surface area contributed by atoms with Crippen LogP contribution in [0.3, 0.4) is 0 Å². The molecule has 0 radical (unpaired) electrons. The summed E-state index contributed by atoms with van der Waals surface area (Å²) in [7, 11) is 0. The van der Waals surface area contributed by atoms with Gasteiger partial charge >= 0.3 is 0 Å². The molecule has 1 aliphatic heterocycles. The molecule has 142 valence electrons. The number of Topliss-reactive ketones (excluding diaryl/α,β-unsaturated/α-hetero) is 4. The minimum atomic E-state index is -3.78. The van der Waals surface area contributed by atoms with E-state index in [4.69, 9.17) is 4.74 Å². The minimum Gasteiger partial charge on any atom is -0.392 e. The molecule has 0 aliphatic carbocycles. The predicted octanol–water partition coefficient (Wildman–Crippen LogP) is -3.13. The Morgan fingerprint density at radius 3 is 1.36 bits per heavy atom. The summed E-state index contributed by atoms with van der Waals surface area (Å²) < 4.78 is 4.84. The number of carbonyl (C=O) groups excluding carboxylic acids is 4. The molecule has 1 aliphatic rings. The fraction of sp³-hybridized carbons (Fsp3) is 0.714. The maximum Gasteiger partial charge on any atom is 0.268 e. The third-order valence-corrected chi connectivity index (χ3v) is 5.20. The van der Waals surface area contributed by atoms with Gasteiger partial charge in [0.25, 0.3) is 5.79 Å². The van der Waals surface area contributed by atoms with Crippen molar-refractivity contribution in [1.82, 2.24) is 0 Å². The first-order valence-electron chi connectivity index (χ1n) is 7.01. The number of aliphatic hydroxyl groups excluding tert-OH is 1. The van der Waals surface area contributed by atoms with Gasteiger partial charge in [-0.2, -0.15) is 0 Å². The van der Waals surface area contributed by atoms with Gasteiger partial charge in [-0.3, -0.25) is 19.2 Å². The molecule has 1 rings (SSSR count). The van der Waals surface area contributed by atoms with E-state index < -0.39 is 57.3 Å². The van der Waals surface area contributed by atoms with Crippen molar-refractivity contribution in [2.75, 3.05) is 6.61 Å². The monoisotopic (exact) mass is 380 g/mol. The first-order valence-corrected chi connectivity index (χ1v) is 7.46. The van der Waals surface area contributed by atoms with Gasteiger partial charge in [0.05, 0.1) is 6.61 Å². The maximum absolute atomic E-state index is 12.2. The molecular weight excluding hydrogens is 360 g/mol. The molecule has 0 aromatic heterocycles. The zero-order valence-corrected chi connectivity index (χ0v) is 14.8. The van der Waals surface area contributed by atoms with Crippen molar-refractivity contribution in [2.24, 2.45) is 0 Å². The van der Waals surface area contributed by atoms with E-state index >= 15 is 0 Å². The Kier molecular flexibility index (Phi) is 5.16. The van der Waals surface area contributed by atoms with Crippen LogP contribution in [0.1, 0.15) is 27.7 Å². The van der Waals surface area contributed by atoms with Crippen molar-refractivity contribution in [1.29, 1.82) is 0 Å². The third kappa shape index (κ3) is 2.14. The Morgan fingerprint density at radius 2 is 1.12 bits per heavy atom. The Bertz CT molecular complexity index is 664. The van der Waals surface area contributed by atoms with Crippen molar-refractivity contribution in [3.8, 4) is 0 Å². The van der Waals surface area contributed by atoms with Gasteiger partial charge in [0, 0.05) is 6.92 Å². The molecule has 1 fully saturated rings. The number of hydrogen-bond donors (Lipinski definition) is 6. The van der Waals surface area contributed by atoms with Gasteiger partial charge in [-0.1, -0.05) is 0 Å². The third-order valence-electron chi connectivity index (χ3n) is 4.64. The quantitative estimate of drug-likeness (QED) is 0.267. The fourth-order valence-corrected chi connectivity index (χ4v) is 3.64. The topological polar surface area (TPSA) is 179 Å². The van der Waals surface area contributed by atoms with E-state index in [1.165, 1.54) is 0 Å². The van der Waals surface area contributed by atoms with Crippen LogP contribution in [0.25, 0.3) is 0 Å². The summed E-state index contributed by atoms with van der Waals surface area (Å²) in [4.78, 5) is 45.4. The van der Waals surface area contributed by atoms with E-state index in [9.17, 15) is 44.7 Å². The second kappa shape index (κ2) is 5.91. The summed E-state index contributed by atoms with van der Waals surface area (Å²) in [6.07, 6.45) is 0. The van der Waals surface area contributed by atoms with Gasteiger partial charge in [0.2, 0.25) is 16.8 Å². The van der Waals surface area contributed by atoms with Crippen molar-refractivity contribution < 1.29 is 49.4 Å². The van der Waals surface area contributed by atoms with Crippen molar-refractivity contribution >= 4 is 35.8 Å². The first kappa shape index (κ1) is 21.8. The number of ketones is 4. The van der Waals surface area contributed by atoms with Crippen LogP contribution >= 0.6 is 12.6 Å². The number of carbonyl (C=O) groups is 4. The van der Waals surface area contributed by atoms with Gasteiger partial charge in [0.1, 0.15) is 0 Å². The van der Waals surface area contributed by atoms with E-state index in [0.717, 1.165) is 0 Å². The molecule has 5 N–H and O–H groups in total. The summed E-state index contributed by atoms with van der Waals surface area (Å²) in [6.45, 7) is 1.11. The van der Waals surface area contributed by atoms with Gasteiger partial charge < -0.3 is 30.3 Å². The van der Waals surface area contributed by atoms with E-state index in [0.29, 0.717) is 27.7 Å². The van der Waals surface area contributed by atoms with E-state index in [1.54, 1.807) is 0 Å². The highest BCUT2D eigenvalue weighted by atomic mass is 32.1. The molecule has 0 saturated carbocycles. The maximum atomic E-state index is 12.2. The number of aliphatic hydroxyl groups is 5. The van der Waals surface area contributed by atoms with Crippen LogP contribution < -0.4 is 0 Å². The van der Waals surface area contributed by atoms with Crippen molar-refractivity contribution in [2.45, 2.75) is 55.2 Å². The van der Waals surface area contributed by atoms with Gasteiger partial charge in [-0.25, -0.2) is 0 Å². The molecular formula is C14H20O10S. The van der Waals surface area contributed by atoms with Crippen molar-refractivity contribution in [3.63, 3.8) is 0 Å². The molecule has 10 nitrogen and oxygen atoms in total. The summed E-state index contributed by atoms with van der Waals surface area (Å²) in [5.41, 5.74) is -11.1. The van der Waals surface area contributed by atoms with E-state index in [2.05, 4.69) is 12.6 Å². The van der Waals surface area contributed by atoms with Crippen LogP contribution in [0.2, 0.25) is 0 Å². The average Bonchev–Trinajstić information content (AvgIpc) is 2.49. The number of thiol groups is 1. The lowest BCUT2D eigenvalue weighted by Gasteiger charge is -2.62. The fourth-order valence-electron chi connectivity index (χ4n) is 3.19. The largest absolute Gasteiger partial charge is 0.392 e. The predicted molar refractivity (Wildman–Crippen MR) is 82.4 cm³/mol. The summed E-state index contributed by atoms with van der Waals surface area (Å²) in [5.74, 6) is -9.61. The Labute approximate surface area is 147 Å². The van der Waals surface area contributed by atoms with Crippen LogP contribution in [0.15, 0.2) is 0 Å². The number of ether oxygens (including phenoxy) is 1. The highest BCUT2D eigenvalue weighted by molar-refractivity contribution is 7.81. The Balaban J connectivity index is 4.19. The minimum absolute atomic E-state index is 0.593. The molecule has 25 heavy (non-hydrogen) atoms. The standard InChI is InChI=1S/C14H20O10S/c1-6(16)11(20)10(25,5-15)24-14(23,9(4)19)13(22,8(3)18)12(11,21)7(2)17/h15,20-23,25H,5H2,1-4H3/t10-,11+,12-,13+,14+/m0/s1. The normalized spacial score (nSPS) is 44.2. The van der Waals surface area contributed by atoms with Gasteiger partial charge in [-0.15, -0.1) is 12.6 Å². The smallest absolute Gasteiger partial charge is 0.268 e. The van der Waals surface area contributed by atoms with Crippen LogP contribution in [-0.2, 0) is 23.9 Å². The molecule has 0 spiro atoms. The van der Waals surface area contributed by atoms with E-state index in [-0.39, 0.29) is 0 Å². The SMILES string of the molecule is CC(=O)[C@@]1(O)[C@](O)(C(C)=O)[C@@](O)(C(C)=O)O[C@](S)(CO)[C@]1(O)C(C)=O. The first-order chi connectivity index (χ1) is 11.0. The highest BCUT2D eigenvalue weighted by Gasteiger charge is 2.87. The molecule has 0 bridgehead atoms. The molecule has 0 unspecified atom stereocenters. The molecule has 1 heterocycles. The van der Waals surface area contributed by atoms with Crippen LogP contribution in [0.5, 0.6) is 0 Å². The number of hydrogen-bond acceptors (Lipinski definition) is 11. The molecule has 11 heteroatoms. The molecule has 1 saturated heterocycles. The molecule has 0 amide bonds. The van der Waals surface area contributed by atoms with Crippen LogP contribution in [0.4, 0.5) is 0 Å². The summed E-state index contributed by atoms with van der Waals surface area (Å²) in [6, 6.07) is 0. The number of rotatable bonds is 5. The molecule has 5 atom stereocenters. The molecule has 0 aromatic rings. The van der Waals surface area contributed by atoms with Crippen LogP contribution in [-0.4, -0.2) is 82.8 Å². The van der Waals surface area contributed by atoms with Crippen LogP contribution in [0, 0.1) is 0 Å². The summed E-state index contributed by atoms with van der Waals surface area (Å²) in [5, 5.41) is 52.7. The van der Waals surface area contributed by atoms with Gasteiger partial charge in [-0.05, 0) is 20.8 Å². The second-order valence-electron chi connectivity index (χ2n) is 6.04. The Hall–Kier alpha value is -1.21. The summed E-state index contributed by atoms with van der Waals surface area (Å²) >= 11 is 3.74. The Morgan fingerprint density at radius 1 is 0.760 bits per heavy atom. The molecule has 0 aromatic carbocycles. The average molecular weight is 380 g/mol. The lowest BCUT2D eigenvalue weighted by atomic mass is 9.57. The lowest BCUT2D eigenvalue weighted by molar-refractivity contribution is -0.399. The second-order valence-corrected chi connectivity index (χ2v) is 6.77. The van der Waals surface area contributed by atoms with Crippen molar-refractivity contribution in [3.05, 3.63) is 0 Å². The zero-order valence-electron chi connectivity index (χ0n) is 13.9. The van der Waals surface area contributed by atoms with Gasteiger partial charge in [0.15, 0.2) is 28.1 Å². The lowest BCUT2D eigenvalue weighted by Crippen LogP contribution is -2.92. The highest BCUT2D eigenvalue weighted by Crippen LogP contribution is 2.55. The van der Waals surface area contributed by atoms with E-state index in [1.807, 2.05) is 0 Å².